The summed E-state index contributed by atoms with van der Waals surface area (Å²) in [5.41, 5.74) is 1.33. The highest BCUT2D eigenvalue weighted by Crippen LogP contribution is 2.26. The summed E-state index contributed by atoms with van der Waals surface area (Å²) in [5.74, 6) is 2.25. The van der Waals surface area contributed by atoms with Crippen molar-refractivity contribution in [2.45, 2.75) is 39.5 Å². The number of rotatable bonds is 8. The molecule has 2 rings (SSSR count). The number of aliphatic imine (C=N–C) groups is 1. The lowest BCUT2D eigenvalue weighted by Gasteiger charge is -2.21. The van der Waals surface area contributed by atoms with Gasteiger partial charge in [0.1, 0.15) is 0 Å². The van der Waals surface area contributed by atoms with Crippen molar-refractivity contribution in [3.8, 4) is 0 Å². The highest BCUT2D eigenvalue weighted by molar-refractivity contribution is 14.0. The van der Waals surface area contributed by atoms with Crippen molar-refractivity contribution in [2.75, 3.05) is 39.4 Å². The van der Waals surface area contributed by atoms with Crippen LogP contribution in [-0.2, 0) is 11.8 Å². The minimum absolute atomic E-state index is 0. The van der Waals surface area contributed by atoms with Gasteiger partial charge >= 0.3 is 0 Å². The molecule has 0 saturated carbocycles. The second-order valence-electron chi connectivity index (χ2n) is 6.91. The van der Waals surface area contributed by atoms with E-state index in [0.717, 1.165) is 45.0 Å². The fraction of sp³-hybridized carbons (Fsp3) is 0.778. The lowest BCUT2D eigenvalue weighted by Crippen LogP contribution is -2.40. The molecular weight excluding hydrogens is 429 g/mol. The summed E-state index contributed by atoms with van der Waals surface area (Å²) in [4.78, 5) is 7.09. The van der Waals surface area contributed by atoms with Crippen molar-refractivity contribution in [3.63, 3.8) is 0 Å². The molecule has 0 aliphatic carbocycles. The fourth-order valence-electron chi connectivity index (χ4n) is 2.94. The van der Waals surface area contributed by atoms with E-state index in [2.05, 4.69) is 42.3 Å². The maximum atomic E-state index is 5.66. The number of likely N-dealkylation sites (tertiary alicyclic amines) is 1. The van der Waals surface area contributed by atoms with Crippen molar-refractivity contribution in [2.24, 2.45) is 18.0 Å². The number of guanidine groups is 1. The van der Waals surface area contributed by atoms with Crippen LogP contribution in [0.3, 0.4) is 0 Å². The Bertz CT molecular complexity index is 517. The Hall–Kier alpha value is -0.830. The van der Waals surface area contributed by atoms with Gasteiger partial charge in [0.25, 0.3) is 0 Å². The number of aromatic nitrogens is 2. The zero-order chi connectivity index (χ0) is 17.4. The molecule has 1 unspecified atom stereocenters. The molecule has 1 aromatic rings. The van der Waals surface area contributed by atoms with Gasteiger partial charge in [-0.2, -0.15) is 5.10 Å². The molecule has 1 aliphatic heterocycles. The Labute approximate surface area is 169 Å². The largest absolute Gasteiger partial charge is 0.380 e. The van der Waals surface area contributed by atoms with Gasteiger partial charge in [0.15, 0.2) is 5.96 Å². The normalized spacial score (nSPS) is 17.9. The predicted molar refractivity (Wildman–Crippen MR) is 114 cm³/mol. The lowest BCUT2D eigenvalue weighted by atomic mass is 10.0. The molecule has 1 saturated heterocycles. The number of hydrogen-bond acceptors (Lipinski definition) is 3. The van der Waals surface area contributed by atoms with Crippen LogP contribution >= 0.6 is 24.0 Å². The van der Waals surface area contributed by atoms with E-state index in [-0.39, 0.29) is 24.0 Å². The Morgan fingerprint density at radius 2 is 2.24 bits per heavy atom. The molecule has 0 radical (unpaired) electrons. The molecule has 0 amide bonds. The average Bonchev–Trinajstić information content (AvgIpc) is 3.18. The van der Waals surface area contributed by atoms with Gasteiger partial charge < -0.3 is 15.0 Å². The molecule has 1 fully saturated rings. The van der Waals surface area contributed by atoms with Crippen LogP contribution in [0.5, 0.6) is 0 Å². The van der Waals surface area contributed by atoms with Crippen molar-refractivity contribution >= 4 is 29.9 Å². The fourth-order valence-corrected chi connectivity index (χ4v) is 2.94. The molecule has 6 nitrogen and oxygen atoms in total. The molecule has 0 bridgehead atoms. The minimum atomic E-state index is 0. The summed E-state index contributed by atoms with van der Waals surface area (Å²) in [5, 5.41) is 7.70. The highest BCUT2D eigenvalue weighted by atomic mass is 127. The monoisotopic (exact) mass is 463 g/mol. The predicted octanol–water partition coefficient (Wildman–Crippen LogP) is 2.86. The maximum absolute atomic E-state index is 5.66. The quantitative estimate of drug-likeness (QED) is 0.279. The second-order valence-corrected chi connectivity index (χ2v) is 6.91. The molecule has 7 heteroatoms. The lowest BCUT2D eigenvalue weighted by molar-refractivity contribution is 0.130. The van der Waals surface area contributed by atoms with Gasteiger partial charge in [0.2, 0.25) is 0 Å². The number of nitrogens with one attached hydrogen (secondary N) is 1. The van der Waals surface area contributed by atoms with E-state index >= 15 is 0 Å². The first-order valence-electron chi connectivity index (χ1n) is 9.19. The van der Waals surface area contributed by atoms with E-state index in [4.69, 9.17) is 9.73 Å². The number of halogens is 1. The molecule has 1 aromatic heterocycles. The van der Waals surface area contributed by atoms with Crippen LogP contribution in [0.25, 0.3) is 0 Å². The number of ether oxygens (including phenoxy) is 1. The standard InChI is InChI=1S/C18H33N5O.HI/c1-5-19-18(20-8-11-24-10-7-15(2)3)23-9-6-16(14-23)17-12-21-22(4)13-17;/h12-13,15-16H,5-11,14H2,1-4H3,(H,19,20);1H. The van der Waals surface area contributed by atoms with Crippen LogP contribution in [0.4, 0.5) is 0 Å². The third-order valence-corrected chi connectivity index (χ3v) is 4.36. The second kappa shape index (κ2) is 11.7. The smallest absolute Gasteiger partial charge is 0.194 e. The Kier molecular flexibility index (Phi) is 10.4. The minimum Gasteiger partial charge on any atom is -0.380 e. The van der Waals surface area contributed by atoms with E-state index in [1.807, 2.05) is 17.9 Å². The molecule has 0 aromatic carbocycles. The SMILES string of the molecule is CCNC(=NCCOCCC(C)C)N1CCC(c2cnn(C)c2)C1.I. The van der Waals surface area contributed by atoms with Crippen LogP contribution < -0.4 is 5.32 Å². The van der Waals surface area contributed by atoms with Gasteiger partial charge in [-0.15, -0.1) is 24.0 Å². The van der Waals surface area contributed by atoms with Crippen LogP contribution in [0.2, 0.25) is 0 Å². The summed E-state index contributed by atoms with van der Waals surface area (Å²) < 4.78 is 7.55. The molecule has 1 atom stereocenters. The summed E-state index contributed by atoms with van der Waals surface area (Å²) in [6.45, 7) is 11.7. The Morgan fingerprint density at radius 3 is 2.88 bits per heavy atom. The average molecular weight is 463 g/mol. The highest BCUT2D eigenvalue weighted by Gasteiger charge is 2.26. The van der Waals surface area contributed by atoms with E-state index < -0.39 is 0 Å². The van der Waals surface area contributed by atoms with Gasteiger partial charge in [-0.25, -0.2) is 0 Å². The van der Waals surface area contributed by atoms with Gasteiger partial charge in [0, 0.05) is 45.4 Å². The molecule has 2 heterocycles. The van der Waals surface area contributed by atoms with Crippen LogP contribution in [0.15, 0.2) is 17.4 Å². The Morgan fingerprint density at radius 1 is 1.44 bits per heavy atom. The zero-order valence-electron chi connectivity index (χ0n) is 16.1. The molecule has 1 aliphatic rings. The zero-order valence-corrected chi connectivity index (χ0v) is 18.4. The third-order valence-electron chi connectivity index (χ3n) is 4.36. The van der Waals surface area contributed by atoms with E-state index in [9.17, 15) is 0 Å². The van der Waals surface area contributed by atoms with E-state index in [0.29, 0.717) is 25.0 Å². The molecular formula is C18H34IN5O. The maximum Gasteiger partial charge on any atom is 0.194 e. The van der Waals surface area contributed by atoms with Gasteiger partial charge in [0.05, 0.1) is 19.3 Å². The first-order valence-corrected chi connectivity index (χ1v) is 9.19. The molecule has 144 valence electrons. The topological polar surface area (TPSA) is 54.7 Å². The van der Waals surface area contributed by atoms with Crippen molar-refractivity contribution in [3.05, 3.63) is 18.0 Å². The van der Waals surface area contributed by atoms with Crippen molar-refractivity contribution in [1.29, 1.82) is 0 Å². The van der Waals surface area contributed by atoms with E-state index in [1.54, 1.807) is 0 Å². The van der Waals surface area contributed by atoms with Crippen LogP contribution in [0, 0.1) is 5.92 Å². The number of hydrogen-bond donors (Lipinski definition) is 1. The summed E-state index contributed by atoms with van der Waals surface area (Å²) >= 11 is 0. The molecule has 0 spiro atoms. The molecule has 25 heavy (non-hydrogen) atoms. The summed E-state index contributed by atoms with van der Waals surface area (Å²) in [6, 6.07) is 0. The van der Waals surface area contributed by atoms with Crippen molar-refractivity contribution in [1.82, 2.24) is 20.0 Å². The van der Waals surface area contributed by atoms with Crippen LogP contribution in [0.1, 0.15) is 45.1 Å². The number of nitrogens with zero attached hydrogens (tertiary/aromatic N) is 4. The summed E-state index contributed by atoms with van der Waals surface area (Å²) in [6.07, 6.45) is 6.38. The van der Waals surface area contributed by atoms with Gasteiger partial charge in [-0.1, -0.05) is 13.8 Å². The number of aryl methyl sites for hydroxylation is 1. The summed E-state index contributed by atoms with van der Waals surface area (Å²) in [7, 11) is 1.97. The van der Waals surface area contributed by atoms with Crippen molar-refractivity contribution < 1.29 is 4.74 Å². The van der Waals surface area contributed by atoms with Gasteiger partial charge in [-0.05, 0) is 31.2 Å². The Balaban J connectivity index is 0.00000312. The third kappa shape index (κ3) is 7.52. The van der Waals surface area contributed by atoms with E-state index in [1.165, 1.54) is 5.56 Å². The van der Waals surface area contributed by atoms with Crippen LogP contribution in [-0.4, -0.2) is 60.0 Å². The first kappa shape index (κ1) is 22.2. The first-order chi connectivity index (χ1) is 11.6. The molecule has 1 N–H and O–H groups in total. The van der Waals surface area contributed by atoms with Gasteiger partial charge in [-0.3, -0.25) is 9.67 Å².